The third-order valence-electron chi connectivity index (χ3n) is 2.38. The minimum atomic E-state index is -4.46. The maximum Gasteiger partial charge on any atom is 0.296 e. The minimum absolute atomic E-state index is 0.0596. The van der Waals surface area contributed by atoms with Crippen molar-refractivity contribution in [3.05, 3.63) is 46.4 Å². The predicted octanol–water partition coefficient (Wildman–Crippen LogP) is 3.61. The van der Waals surface area contributed by atoms with Crippen LogP contribution in [0.3, 0.4) is 0 Å². The number of rotatable bonds is 3. The second kappa shape index (κ2) is 5.49. The van der Waals surface area contributed by atoms with Crippen LogP contribution in [0.4, 0.5) is 5.69 Å². The molecule has 0 aromatic heterocycles. The summed E-state index contributed by atoms with van der Waals surface area (Å²) in [5, 5.41) is 0.341. The summed E-state index contributed by atoms with van der Waals surface area (Å²) in [6, 6.07) is 8.63. The van der Waals surface area contributed by atoms with E-state index in [9.17, 15) is 8.42 Å². The maximum absolute atomic E-state index is 11.2. The summed E-state index contributed by atoms with van der Waals surface area (Å²) in [5.74, 6) is 0.467. The van der Waals surface area contributed by atoms with Gasteiger partial charge in [-0.15, -0.1) is 0 Å². The summed E-state index contributed by atoms with van der Waals surface area (Å²) in [6.45, 7) is 0. The van der Waals surface area contributed by atoms with Crippen molar-refractivity contribution in [2.45, 2.75) is 4.90 Å². The van der Waals surface area contributed by atoms with E-state index in [0.29, 0.717) is 10.8 Å². The molecule has 0 aliphatic carbocycles. The van der Waals surface area contributed by atoms with Crippen LogP contribution in [0.25, 0.3) is 0 Å². The van der Waals surface area contributed by atoms with E-state index in [4.69, 9.17) is 38.2 Å². The molecule has 0 amide bonds. The fraction of sp³-hybridized carbons (Fsp3) is 0. The van der Waals surface area contributed by atoms with E-state index in [1.165, 1.54) is 6.07 Å². The highest BCUT2D eigenvalue weighted by molar-refractivity contribution is 7.86. The van der Waals surface area contributed by atoms with Crippen molar-refractivity contribution in [1.82, 2.24) is 0 Å². The average molecular weight is 334 g/mol. The van der Waals surface area contributed by atoms with Crippen LogP contribution in [-0.2, 0) is 10.1 Å². The largest absolute Gasteiger partial charge is 0.455 e. The Morgan fingerprint density at radius 3 is 2.25 bits per heavy atom. The molecule has 0 aliphatic rings. The van der Waals surface area contributed by atoms with E-state index in [2.05, 4.69) is 0 Å². The standard InChI is InChI=1S/C12H9Cl2NO4S/c13-7-1-3-8(4-2-7)19-11-6-12(20(16,17)18)9(14)5-10(11)15/h1-6H,15H2,(H,16,17,18). The first-order valence-corrected chi connectivity index (χ1v) is 7.47. The maximum atomic E-state index is 11.2. The quantitative estimate of drug-likeness (QED) is 0.661. The molecule has 0 fully saturated rings. The second-order valence-corrected chi connectivity index (χ2v) is 6.09. The zero-order valence-corrected chi connectivity index (χ0v) is 12.2. The Kier molecular flexibility index (Phi) is 4.10. The summed E-state index contributed by atoms with van der Waals surface area (Å²) >= 11 is 11.5. The first-order chi connectivity index (χ1) is 9.27. The molecule has 0 aliphatic heterocycles. The van der Waals surface area contributed by atoms with Gasteiger partial charge in [-0.05, 0) is 30.3 Å². The molecule has 0 heterocycles. The van der Waals surface area contributed by atoms with Crippen molar-refractivity contribution < 1.29 is 17.7 Å². The van der Waals surface area contributed by atoms with Gasteiger partial charge in [0.1, 0.15) is 10.6 Å². The van der Waals surface area contributed by atoms with Gasteiger partial charge in [0.2, 0.25) is 0 Å². The van der Waals surface area contributed by atoms with Crippen LogP contribution >= 0.6 is 23.2 Å². The summed E-state index contributed by atoms with van der Waals surface area (Å²) < 4.78 is 36.8. The number of hydrogen-bond donors (Lipinski definition) is 2. The van der Waals surface area contributed by atoms with Crippen molar-refractivity contribution in [3.63, 3.8) is 0 Å². The second-order valence-electron chi connectivity index (χ2n) is 3.85. The van der Waals surface area contributed by atoms with Crippen LogP contribution in [-0.4, -0.2) is 13.0 Å². The van der Waals surface area contributed by atoms with Gasteiger partial charge in [-0.25, -0.2) is 0 Å². The molecule has 5 nitrogen and oxygen atoms in total. The van der Waals surface area contributed by atoms with Gasteiger partial charge in [0.15, 0.2) is 5.75 Å². The molecule has 106 valence electrons. The molecule has 2 aromatic carbocycles. The third kappa shape index (κ3) is 3.34. The van der Waals surface area contributed by atoms with Gasteiger partial charge < -0.3 is 10.5 Å². The Balaban J connectivity index is 2.44. The van der Waals surface area contributed by atoms with Gasteiger partial charge >= 0.3 is 0 Å². The normalized spacial score (nSPS) is 11.3. The smallest absolute Gasteiger partial charge is 0.296 e. The molecule has 8 heteroatoms. The number of halogens is 2. The Bertz CT molecular complexity index is 745. The summed E-state index contributed by atoms with van der Waals surface area (Å²) in [7, 11) is -4.46. The Hall–Kier alpha value is -1.47. The van der Waals surface area contributed by atoms with Crippen molar-refractivity contribution in [3.8, 4) is 11.5 Å². The lowest BCUT2D eigenvalue weighted by Crippen LogP contribution is -2.01. The number of benzene rings is 2. The number of anilines is 1. The highest BCUT2D eigenvalue weighted by Crippen LogP contribution is 2.34. The lowest BCUT2D eigenvalue weighted by molar-refractivity contribution is 0.473. The van der Waals surface area contributed by atoms with Gasteiger partial charge in [-0.1, -0.05) is 23.2 Å². The van der Waals surface area contributed by atoms with E-state index >= 15 is 0 Å². The number of ether oxygens (including phenoxy) is 1. The molecule has 0 unspecified atom stereocenters. The van der Waals surface area contributed by atoms with Crippen molar-refractivity contribution >= 4 is 39.0 Å². The molecule has 0 atom stereocenters. The molecule has 0 radical (unpaired) electrons. The molecule has 0 bridgehead atoms. The van der Waals surface area contributed by atoms with Crippen LogP contribution in [0.1, 0.15) is 0 Å². The van der Waals surface area contributed by atoms with Crippen LogP contribution in [0.5, 0.6) is 11.5 Å². The van der Waals surface area contributed by atoms with Gasteiger partial charge in [-0.2, -0.15) is 8.42 Å². The zero-order valence-electron chi connectivity index (χ0n) is 9.88. The molecule has 0 saturated heterocycles. The topological polar surface area (TPSA) is 89.6 Å². The molecular weight excluding hydrogens is 325 g/mol. The molecular formula is C12H9Cl2NO4S. The third-order valence-corrected chi connectivity index (χ3v) is 3.95. The summed E-state index contributed by atoms with van der Waals surface area (Å²) in [6.07, 6.45) is 0. The summed E-state index contributed by atoms with van der Waals surface area (Å²) in [4.78, 5) is -0.475. The Morgan fingerprint density at radius 1 is 1.10 bits per heavy atom. The number of nitrogen functional groups attached to an aromatic ring is 1. The molecule has 2 aromatic rings. The Labute approximate surface area is 125 Å². The number of hydrogen-bond acceptors (Lipinski definition) is 4. The first kappa shape index (κ1) is 14.9. The fourth-order valence-corrected chi connectivity index (χ4v) is 2.62. The lowest BCUT2D eigenvalue weighted by atomic mass is 10.3. The van der Waals surface area contributed by atoms with Crippen LogP contribution in [0.2, 0.25) is 10.0 Å². The summed E-state index contributed by atoms with van der Waals surface area (Å²) in [5.41, 5.74) is 5.84. The molecule has 0 spiro atoms. The zero-order chi connectivity index (χ0) is 14.9. The Morgan fingerprint density at radius 2 is 1.70 bits per heavy atom. The van der Waals surface area contributed by atoms with E-state index in [1.54, 1.807) is 24.3 Å². The minimum Gasteiger partial charge on any atom is -0.455 e. The fourth-order valence-electron chi connectivity index (χ4n) is 1.47. The molecule has 2 rings (SSSR count). The van der Waals surface area contributed by atoms with Crippen LogP contribution < -0.4 is 10.5 Å². The van der Waals surface area contributed by atoms with E-state index in [-0.39, 0.29) is 16.5 Å². The highest BCUT2D eigenvalue weighted by atomic mass is 35.5. The van der Waals surface area contributed by atoms with Gasteiger partial charge in [-0.3, -0.25) is 4.55 Å². The van der Waals surface area contributed by atoms with Crippen molar-refractivity contribution in [2.24, 2.45) is 0 Å². The van der Waals surface area contributed by atoms with Gasteiger partial charge in [0.05, 0.1) is 10.7 Å². The van der Waals surface area contributed by atoms with Crippen molar-refractivity contribution in [1.29, 1.82) is 0 Å². The van der Waals surface area contributed by atoms with Gasteiger partial charge in [0.25, 0.3) is 10.1 Å². The number of nitrogens with two attached hydrogens (primary N) is 1. The predicted molar refractivity (Wildman–Crippen MR) is 77.2 cm³/mol. The van der Waals surface area contributed by atoms with Crippen LogP contribution in [0, 0.1) is 0 Å². The van der Waals surface area contributed by atoms with E-state index in [0.717, 1.165) is 6.07 Å². The van der Waals surface area contributed by atoms with Crippen molar-refractivity contribution in [2.75, 3.05) is 5.73 Å². The van der Waals surface area contributed by atoms with Crippen LogP contribution in [0.15, 0.2) is 41.3 Å². The lowest BCUT2D eigenvalue weighted by Gasteiger charge is -2.11. The molecule has 20 heavy (non-hydrogen) atoms. The first-order valence-electron chi connectivity index (χ1n) is 5.27. The monoisotopic (exact) mass is 333 g/mol. The SMILES string of the molecule is Nc1cc(Cl)c(S(=O)(=O)O)cc1Oc1ccc(Cl)cc1. The molecule has 3 N–H and O–H groups in total. The highest BCUT2D eigenvalue weighted by Gasteiger charge is 2.18. The van der Waals surface area contributed by atoms with E-state index < -0.39 is 15.0 Å². The molecule has 0 saturated carbocycles. The average Bonchev–Trinajstić information content (AvgIpc) is 2.33. The van der Waals surface area contributed by atoms with E-state index in [1.807, 2.05) is 0 Å². The van der Waals surface area contributed by atoms with Gasteiger partial charge in [0, 0.05) is 11.1 Å².